The lowest BCUT2D eigenvalue weighted by Gasteiger charge is -2.25. The number of carbonyl (C=O) groups excluding carboxylic acids is 2. The second-order valence-corrected chi connectivity index (χ2v) is 10.8. The highest BCUT2D eigenvalue weighted by Crippen LogP contribution is 2.39. The third-order valence-electron chi connectivity index (χ3n) is 7.10. The normalized spacial score (nSPS) is 22.1. The van der Waals surface area contributed by atoms with Crippen molar-refractivity contribution < 1.29 is 23.9 Å². The van der Waals surface area contributed by atoms with Crippen molar-refractivity contribution in [2.24, 2.45) is 5.92 Å². The summed E-state index contributed by atoms with van der Waals surface area (Å²) in [6.07, 6.45) is 5.16. The zero-order valence-electron chi connectivity index (χ0n) is 21.7. The molecule has 3 atom stereocenters. The topological polar surface area (TPSA) is 104 Å². The van der Waals surface area contributed by atoms with Gasteiger partial charge in [0.2, 0.25) is 0 Å². The van der Waals surface area contributed by atoms with Crippen molar-refractivity contribution in [1.29, 1.82) is 0 Å². The number of hydrogen-bond donors (Lipinski definition) is 2. The predicted molar refractivity (Wildman–Crippen MR) is 136 cm³/mol. The van der Waals surface area contributed by atoms with Crippen molar-refractivity contribution in [3.05, 3.63) is 47.7 Å². The Bertz CT molecular complexity index is 1030. The molecule has 1 aromatic carbocycles. The Balaban J connectivity index is 1.39. The van der Waals surface area contributed by atoms with Crippen molar-refractivity contribution in [1.82, 2.24) is 15.1 Å². The summed E-state index contributed by atoms with van der Waals surface area (Å²) in [6.45, 7) is 6.73. The number of hydrogen-bond acceptors (Lipinski definition) is 7. The van der Waals surface area contributed by atoms with Crippen molar-refractivity contribution in [2.75, 3.05) is 19.1 Å². The van der Waals surface area contributed by atoms with Crippen molar-refractivity contribution in [3.8, 4) is 0 Å². The molecular weight excluding hydrogens is 460 g/mol. The van der Waals surface area contributed by atoms with Gasteiger partial charge >= 0.3 is 12.1 Å². The summed E-state index contributed by atoms with van der Waals surface area (Å²) < 4.78 is 13.2. The van der Waals surface area contributed by atoms with E-state index in [0.29, 0.717) is 30.8 Å². The molecule has 1 heterocycles. The number of amides is 1. The molecule has 0 saturated heterocycles. The fourth-order valence-electron chi connectivity index (χ4n) is 4.83. The third-order valence-corrected chi connectivity index (χ3v) is 7.10. The third kappa shape index (κ3) is 6.37. The molecule has 0 bridgehead atoms. The van der Waals surface area contributed by atoms with E-state index in [2.05, 4.69) is 10.8 Å². The fourth-order valence-corrected chi connectivity index (χ4v) is 4.83. The van der Waals surface area contributed by atoms with Crippen LogP contribution < -0.4 is 10.8 Å². The minimum atomic E-state index is -0.476. The molecule has 0 spiro atoms. The van der Waals surface area contributed by atoms with E-state index in [1.54, 1.807) is 31.4 Å². The monoisotopic (exact) mass is 498 g/mol. The number of nitrogens with one attached hydrogen (secondary N) is 2. The average molecular weight is 499 g/mol. The number of ether oxygens (including phenoxy) is 2. The van der Waals surface area contributed by atoms with Crippen LogP contribution in [0.15, 0.2) is 36.4 Å². The first-order valence-corrected chi connectivity index (χ1v) is 12.8. The van der Waals surface area contributed by atoms with Crippen molar-refractivity contribution in [3.63, 3.8) is 0 Å². The number of nitrogens with zero attached hydrogens (tertiary/aromatic N) is 2. The molecule has 9 heteroatoms. The molecule has 0 unspecified atom stereocenters. The van der Waals surface area contributed by atoms with E-state index in [9.17, 15) is 9.59 Å². The van der Waals surface area contributed by atoms with Gasteiger partial charge in [-0.15, -0.1) is 0 Å². The Labute approximate surface area is 212 Å². The molecule has 2 aliphatic carbocycles. The van der Waals surface area contributed by atoms with Crippen LogP contribution in [0.2, 0.25) is 0 Å². The molecule has 0 aliphatic heterocycles. The van der Waals surface area contributed by atoms with Gasteiger partial charge in [0.05, 0.1) is 22.9 Å². The van der Waals surface area contributed by atoms with Gasteiger partial charge in [-0.1, -0.05) is 37.5 Å². The van der Waals surface area contributed by atoms with E-state index in [1.165, 1.54) is 19.3 Å². The molecule has 2 fully saturated rings. The quantitative estimate of drug-likeness (QED) is 0.469. The number of alkyl carbamates (subject to hydrolysis) is 1. The van der Waals surface area contributed by atoms with Crippen molar-refractivity contribution in [2.45, 2.75) is 83.0 Å². The maximum Gasteiger partial charge on any atom is 0.407 e. The van der Waals surface area contributed by atoms with Crippen LogP contribution in [0.4, 0.5) is 10.6 Å². The maximum atomic E-state index is 12.4. The van der Waals surface area contributed by atoms with Gasteiger partial charge in [-0.3, -0.25) is 0 Å². The summed E-state index contributed by atoms with van der Waals surface area (Å²) in [6, 6.07) is 10.7. The van der Waals surface area contributed by atoms with E-state index in [1.807, 2.05) is 37.6 Å². The van der Waals surface area contributed by atoms with Crippen LogP contribution in [0, 0.1) is 5.92 Å². The first kappa shape index (κ1) is 26.0. The molecule has 1 amide bonds. The molecule has 4 rings (SSSR count). The number of methoxy groups -OCH3 is 1. The maximum absolute atomic E-state index is 12.4. The first-order valence-electron chi connectivity index (χ1n) is 12.8. The first-order chi connectivity index (χ1) is 17.2. The standard InChI is InChI=1S/C27H38N4O5/c1-27(2,3)31-24(30-36-25(32)19-11-6-5-7-12-19)17-21(29-31)20-15-22(34-4)23(16-20)35-26(33)28-14-13-18-9-8-10-18/h5-7,11-12,17-18,20,22-23,30H,8-10,13-16H2,1-4H3,(H,28,33)/t20-,22+,23-/m0/s1. The Morgan fingerprint density at radius 1 is 1.11 bits per heavy atom. The van der Waals surface area contributed by atoms with Crippen LogP contribution in [-0.4, -0.2) is 47.7 Å². The van der Waals surface area contributed by atoms with Crippen LogP contribution in [0.5, 0.6) is 0 Å². The summed E-state index contributed by atoms with van der Waals surface area (Å²) in [5.74, 6) is 0.877. The zero-order valence-corrected chi connectivity index (χ0v) is 21.7. The zero-order chi connectivity index (χ0) is 25.7. The average Bonchev–Trinajstić information content (AvgIpc) is 3.43. The van der Waals surface area contributed by atoms with E-state index < -0.39 is 12.1 Å². The van der Waals surface area contributed by atoms with E-state index in [0.717, 1.165) is 18.0 Å². The van der Waals surface area contributed by atoms with Crippen LogP contribution in [0.1, 0.15) is 81.3 Å². The van der Waals surface area contributed by atoms with Gasteiger partial charge in [-0.05, 0) is 58.1 Å². The lowest BCUT2D eigenvalue weighted by atomic mass is 9.83. The Morgan fingerprint density at radius 2 is 1.83 bits per heavy atom. The molecule has 1 aromatic heterocycles. The number of aromatic nitrogens is 2. The number of benzene rings is 1. The van der Waals surface area contributed by atoms with Gasteiger partial charge in [0.15, 0.2) is 5.82 Å². The number of rotatable bonds is 9. The molecule has 2 aliphatic rings. The SMILES string of the molecule is CO[C@@H]1C[C@H](c2cc(NOC(=O)c3ccccc3)n(C(C)(C)C)n2)C[C@@H]1OC(=O)NCCC1CCC1. The lowest BCUT2D eigenvalue weighted by Crippen LogP contribution is -2.34. The molecule has 2 aromatic rings. The Kier molecular flexibility index (Phi) is 8.18. The Hall–Kier alpha value is -3.07. The number of anilines is 1. The van der Waals surface area contributed by atoms with E-state index in [-0.39, 0.29) is 23.7 Å². The molecular formula is C27H38N4O5. The predicted octanol–water partition coefficient (Wildman–Crippen LogP) is 5.00. The molecule has 2 N–H and O–H groups in total. The van der Waals surface area contributed by atoms with Gasteiger partial charge in [0, 0.05) is 25.6 Å². The van der Waals surface area contributed by atoms with Crippen LogP contribution in [0.3, 0.4) is 0 Å². The van der Waals surface area contributed by atoms with Crippen molar-refractivity contribution >= 4 is 17.9 Å². The molecule has 2 saturated carbocycles. The summed E-state index contributed by atoms with van der Waals surface area (Å²) in [5, 5.41) is 7.72. The van der Waals surface area contributed by atoms with Gasteiger partial charge < -0.3 is 19.6 Å². The second-order valence-electron chi connectivity index (χ2n) is 10.8. The van der Waals surface area contributed by atoms with Crippen LogP contribution in [-0.2, 0) is 19.9 Å². The second kappa shape index (κ2) is 11.3. The Morgan fingerprint density at radius 3 is 2.47 bits per heavy atom. The minimum absolute atomic E-state index is 0.0386. The van der Waals surface area contributed by atoms with Gasteiger partial charge in [-0.2, -0.15) is 5.10 Å². The van der Waals surface area contributed by atoms with Gasteiger partial charge in [0.1, 0.15) is 6.10 Å². The van der Waals surface area contributed by atoms with Crippen LogP contribution in [0.25, 0.3) is 0 Å². The largest absolute Gasteiger partial charge is 0.443 e. The van der Waals surface area contributed by atoms with Gasteiger partial charge in [-0.25, -0.2) is 19.8 Å². The van der Waals surface area contributed by atoms with E-state index in [4.69, 9.17) is 19.4 Å². The molecule has 36 heavy (non-hydrogen) atoms. The highest BCUT2D eigenvalue weighted by atomic mass is 16.7. The summed E-state index contributed by atoms with van der Waals surface area (Å²) in [7, 11) is 1.64. The molecule has 196 valence electrons. The summed E-state index contributed by atoms with van der Waals surface area (Å²) in [4.78, 5) is 30.2. The highest BCUT2D eigenvalue weighted by Gasteiger charge is 2.39. The minimum Gasteiger partial charge on any atom is -0.443 e. The smallest absolute Gasteiger partial charge is 0.407 e. The highest BCUT2D eigenvalue weighted by molar-refractivity contribution is 5.89. The lowest BCUT2D eigenvalue weighted by molar-refractivity contribution is -0.00334. The summed E-state index contributed by atoms with van der Waals surface area (Å²) in [5.41, 5.74) is 3.73. The summed E-state index contributed by atoms with van der Waals surface area (Å²) >= 11 is 0. The van der Waals surface area contributed by atoms with Gasteiger partial charge in [0.25, 0.3) is 0 Å². The number of carbonyl (C=O) groups is 2. The molecule has 0 radical (unpaired) electrons. The fraction of sp³-hybridized carbons (Fsp3) is 0.593. The van der Waals surface area contributed by atoms with Crippen LogP contribution >= 0.6 is 0 Å². The van der Waals surface area contributed by atoms with E-state index >= 15 is 0 Å². The molecule has 9 nitrogen and oxygen atoms in total.